The van der Waals surface area contributed by atoms with Gasteiger partial charge in [-0.3, -0.25) is 4.79 Å². The zero-order valence-corrected chi connectivity index (χ0v) is 17.0. The second kappa shape index (κ2) is 13.9. The maximum absolute atomic E-state index is 12.0. The van der Waals surface area contributed by atoms with Gasteiger partial charge in [-0.15, -0.1) is 0 Å². The monoisotopic (exact) mass is 358 g/mol. The van der Waals surface area contributed by atoms with E-state index in [9.17, 15) is 9.59 Å². The standard InChI is InChI=1S/C19H38N2O4/c1-7-16(8-2)14-17(10-11-18(22)24-15(4)5)25-19(23)20-12-13-21(6)9-3/h15-17H,7-14H2,1-6H3,(H,20,23). The third kappa shape index (κ3) is 12.7. The zero-order valence-electron chi connectivity index (χ0n) is 17.0. The van der Waals surface area contributed by atoms with Crippen LogP contribution in [0.2, 0.25) is 0 Å². The number of likely N-dealkylation sites (N-methyl/N-ethyl adjacent to an activating group) is 1. The Balaban J connectivity index is 4.46. The summed E-state index contributed by atoms with van der Waals surface area (Å²) in [5.41, 5.74) is 0. The lowest BCUT2D eigenvalue weighted by Gasteiger charge is -2.23. The average molecular weight is 359 g/mol. The summed E-state index contributed by atoms with van der Waals surface area (Å²) in [5.74, 6) is 0.253. The Morgan fingerprint density at radius 1 is 1.08 bits per heavy atom. The fourth-order valence-corrected chi connectivity index (χ4v) is 2.52. The largest absolute Gasteiger partial charge is 0.463 e. The molecule has 0 aromatic carbocycles. The minimum absolute atomic E-state index is 0.121. The second-order valence-electron chi connectivity index (χ2n) is 6.85. The van der Waals surface area contributed by atoms with Crippen LogP contribution in [-0.4, -0.2) is 55.9 Å². The lowest BCUT2D eigenvalue weighted by Crippen LogP contribution is -2.35. The molecule has 0 heterocycles. The van der Waals surface area contributed by atoms with Crippen LogP contribution in [0.15, 0.2) is 0 Å². The van der Waals surface area contributed by atoms with Gasteiger partial charge in [0.05, 0.1) is 6.10 Å². The highest BCUT2D eigenvalue weighted by Gasteiger charge is 2.20. The summed E-state index contributed by atoms with van der Waals surface area (Å²) in [6.45, 7) is 12.3. The van der Waals surface area contributed by atoms with Gasteiger partial charge in [0.1, 0.15) is 6.10 Å². The Morgan fingerprint density at radius 3 is 2.24 bits per heavy atom. The lowest BCUT2D eigenvalue weighted by molar-refractivity contribution is -0.148. The minimum atomic E-state index is -0.405. The molecule has 0 aliphatic carbocycles. The van der Waals surface area contributed by atoms with E-state index in [4.69, 9.17) is 9.47 Å². The highest BCUT2D eigenvalue weighted by molar-refractivity contribution is 5.70. The molecule has 148 valence electrons. The zero-order chi connectivity index (χ0) is 19.2. The van der Waals surface area contributed by atoms with Crippen LogP contribution in [-0.2, 0) is 14.3 Å². The highest BCUT2D eigenvalue weighted by atomic mass is 16.6. The first-order chi connectivity index (χ1) is 11.8. The number of amides is 1. The van der Waals surface area contributed by atoms with Crippen LogP contribution in [0.25, 0.3) is 0 Å². The third-order valence-corrected chi connectivity index (χ3v) is 4.36. The van der Waals surface area contributed by atoms with E-state index < -0.39 is 6.09 Å². The number of hydrogen-bond acceptors (Lipinski definition) is 5. The molecular formula is C19H38N2O4. The summed E-state index contributed by atoms with van der Waals surface area (Å²) in [7, 11) is 2.00. The fraction of sp³-hybridized carbons (Fsp3) is 0.895. The molecule has 0 radical (unpaired) electrons. The molecule has 6 heteroatoms. The number of carbonyl (C=O) groups is 2. The third-order valence-electron chi connectivity index (χ3n) is 4.36. The molecule has 0 aliphatic rings. The van der Waals surface area contributed by atoms with E-state index in [2.05, 4.69) is 31.0 Å². The predicted molar refractivity (Wildman–Crippen MR) is 101 cm³/mol. The minimum Gasteiger partial charge on any atom is -0.463 e. The van der Waals surface area contributed by atoms with Crippen molar-refractivity contribution >= 4 is 12.1 Å². The summed E-state index contributed by atoms with van der Waals surface area (Å²) >= 11 is 0. The van der Waals surface area contributed by atoms with E-state index in [1.54, 1.807) is 0 Å². The maximum Gasteiger partial charge on any atom is 0.407 e. The lowest BCUT2D eigenvalue weighted by atomic mass is 9.94. The Bertz CT molecular complexity index is 370. The van der Waals surface area contributed by atoms with Gasteiger partial charge in [0, 0.05) is 19.5 Å². The van der Waals surface area contributed by atoms with Crippen molar-refractivity contribution in [3.63, 3.8) is 0 Å². The van der Waals surface area contributed by atoms with Crippen LogP contribution >= 0.6 is 0 Å². The molecule has 0 aliphatic heterocycles. The molecule has 0 aromatic heterocycles. The average Bonchev–Trinajstić information content (AvgIpc) is 2.56. The van der Waals surface area contributed by atoms with Gasteiger partial charge >= 0.3 is 12.1 Å². The van der Waals surface area contributed by atoms with E-state index in [0.29, 0.717) is 18.9 Å². The van der Waals surface area contributed by atoms with Crippen molar-refractivity contribution in [1.82, 2.24) is 10.2 Å². The summed E-state index contributed by atoms with van der Waals surface area (Å²) in [6.07, 6.45) is 2.85. The van der Waals surface area contributed by atoms with E-state index in [-0.39, 0.29) is 24.6 Å². The quantitative estimate of drug-likeness (QED) is 0.510. The van der Waals surface area contributed by atoms with E-state index in [1.807, 2.05) is 20.9 Å². The topological polar surface area (TPSA) is 67.9 Å². The molecule has 0 rings (SSSR count). The predicted octanol–water partition coefficient (Wildman–Crippen LogP) is 3.59. The van der Waals surface area contributed by atoms with Crippen LogP contribution in [0.5, 0.6) is 0 Å². The van der Waals surface area contributed by atoms with Crippen molar-refractivity contribution in [2.45, 2.75) is 78.9 Å². The van der Waals surface area contributed by atoms with E-state index >= 15 is 0 Å². The van der Waals surface area contributed by atoms with Gasteiger partial charge in [-0.05, 0) is 46.2 Å². The SMILES string of the molecule is CCC(CC)CC(CCC(=O)OC(C)C)OC(=O)NCCN(C)CC. The van der Waals surface area contributed by atoms with Gasteiger partial charge in [0.2, 0.25) is 0 Å². The Labute approximate surface area is 153 Å². The first-order valence-electron chi connectivity index (χ1n) is 9.64. The maximum atomic E-state index is 12.0. The number of carbonyl (C=O) groups excluding carboxylic acids is 2. The van der Waals surface area contributed by atoms with Gasteiger partial charge in [-0.1, -0.05) is 33.6 Å². The summed E-state index contributed by atoms with van der Waals surface area (Å²) in [5, 5.41) is 2.79. The number of hydrogen-bond donors (Lipinski definition) is 1. The van der Waals surface area contributed by atoms with Crippen molar-refractivity contribution in [3.05, 3.63) is 0 Å². The normalized spacial score (nSPS) is 12.5. The number of nitrogens with zero attached hydrogens (tertiary/aromatic N) is 1. The summed E-state index contributed by atoms with van der Waals surface area (Å²) in [6, 6.07) is 0. The molecule has 1 N–H and O–H groups in total. The molecule has 0 saturated carbocycles. The van der Waals surface area contributed by atoms with Crippen molar-refractivity contribution in [3.8, 4) is 0 Å². The molecular weight excluding hydrogens is 320 g/mol. The Morgan fingerprint density at radius 2 is 1.72 bits per heavy atom. The van der Waals surface area contributed by atoms with Crippen LogP contribution in [0.4, 0.5) is 4.79 Å². The van der Waals surface area contributed by atoms with E-state index in [0.717, 1.165) is 32.4 Å². The molecule has 25 heavy (non-hydrogen) atoms. The Kier molecular flexibility index (Phi) is 13.2. The van der Waals surface area contributed by atoms with Crippen LogP contribution < -0.4 is 5.32 Å². The van der Waals surface area contributed by atoms with Crippen LogP contribution in [0.1, 0.15) is 66.7 Å². The van der Waals surface area contributed by atoms with Crippen molar-refractivity contribution in [1.29, 1.82) is 0 Å². The molecule has 1 amide bonds. The Hall–Kier alpha value is -1.30. The molecule has 1 atom stereocenters. The number of alkyl carbamates (subject to hydrolysis) is 1. The van der Waals surface area contributed by atoms with Gasteiger partial charge in [0.25, 0.3) is 0 Å². The number of ether oxygens (including phenoxy) is 2. The molecule has 0 saturated heterocycles. The van der Waals surface area contributed by atoms with Crippen molar-refractivity contribution < 1.29 is 19.1 Å². The van der Waals surface area contributed by atoms with Crippen molar-refractivity contribution in [2.75, 3.05) is 26.7 Å². The van der Waals surface area contributed by atoms with E-state index in [1.165, 1.54) is 0 Å². The molecule has 0 aromatic rings. The molecule has 6 nitrogen and oxygen atoms in total. The van der Waals surface area contributed by atoms with Gasteiger partial charge < -0.3 is 19.7 Å². The smallest absolute Gasteiger partial charge is 0.407 e. The summed E-state index contributed by atoms with van der Waals surface area (Å²) in [4.78, 5) is 25.9. The molecule has 1 unspecified atom stereocenters. The first-order valence-corrected chi connectivity index (χ1v) is 9.64. The first kappa shape index (κ1) is 23.7. The molecule has 0 bridgehead atoms. The van der Waals surface area contributed by atoms with Gasteiger partial charge in [0.15, 0.2) is 0 Å². The summed E-state index contributed by atoms with van der Waals surface area (Å²) < 4.78 is 10.7. The number of rotatable bonds is 13. The molecule has 0 fully saturated rings. The van der Waals surface area contributed by atoms with Gasteiger partial charge in [-0.2, -0.15) is 0 Å². The van der Waals surface area contributed by atoms with Crippen LogP contribution in [0, 0.1) is 5.92 Å². The number of esters is 1. The molecule has 0 spiro atoms. The fourth-order valence-electron chi connectivity index (χ4n) is 2.52. The van der Waals surface area contributed by atoms with Crippen LogP contribution in [0.3, 0.4) is 0 Å². The second-order valence-corrected chi connectivity index (χ2v) is 6.85. The van der Waals surface area contributed by atoms with Crippen molar-refractivity contribution in [2.24, 2.45) is 5.92 Å². The van der Waals surface area contributed by atoms with Gasteiger partial charge in [-0.25, -0.2) is 4.79 Å². The highest BCUT2D eigenvalue weighted by Crippen LogP contribution is 2.20. The number of nitrogens with one attached hydrogen (secondary N) is 1.